The molecule has 1 rings (SSSR count). The van der Waals surface area contributed by atoms with Crippen molar-refractivity contribution >= 4 is 5.97 Å². The van der Waals surface area contributed by atoms with E-state index >= 15 is 0 Å². The summed E-state index contributed by atoms with van der Waals surface area (Å²) in [6.07, 6.45) is 2.35. The Hall–Kier alpha value is -1.35. The normalized spacial score (nSPS) is 10.8. The Morgan fingerprint density at radius 3 is 2.06 bits per heavy atom. The van der Waals surface area contributed by atoms with Crippen LogP contribution in [0, 0.1) is 0 Å². The molecule has 0 radical (unpaired) electrons. The smallest absolute Gasteiger partial charge is 0.103 e. The molecule has 3 nitrogen and oxygen atoms in total. The van der Waals surface area contributed by atoms with Gasteiger partial charge in [0.1, 0.15) is 6.54 Å². The second-order valence-corrected chi connectivity index (χ2v) is 4.41. The molecule has 17 heavy (non-hydrogen) atoms. The van der Waals surface area contributed by atoms with Crippen molar-refractivity contribution in [1.82, 2.24) is 0 Å². The molecule has 0 atom stereocenters. The van der Waals surface area contributed by atoms with Gasteiger partial charge in [-0.2, -0.15) is 0 Å². The monoisotopic (exact) mass is 235 g/mol. The predicted octanol–water partition coefficient (Wildman–Crippen LogP) is 0.255. The van der Waals surface area contributed by atoms with Crippen molar-refractivity contribution in [1.29, 1.82) is 0 Å². The number of hydrogen-bond acceptors (Lipinski definition) is 2. The molecule has 0 aliphatic rings. The minimum absolute atomic E-state index is 0.251. The molecule has 0 heterocycles. The van der Waals surface area contributed by atoms with Crippen molar-refractivity contribution in [2.75, 3.05) is 13.1 Å². The molecule has 0 spiro atoms. The van der Waals surface area contributed by atoms with Crippen molar-refractivity contribution in [2.24, 2.45) is 0 Å². The van der Waals surface area contributed by atoms with E-state index in [0.29, 0.717) is 0 Å². The summed E-state index contributed by atoms with van der Waals surface area (Å²) in [5.41, 5.74) is 1.44. The first-order valence-corrected chi connectivity index (χ1v) is 6.31. The van der Waals surface area contributed by atoms with E-state index in [1.54, 1.807) is 17.0 Å². The lowest BCUT2D eigenvalue weighted by Crippen LogP contribution is -3.10. The van der Waals surface area contributed by atoms with Crippen LogP contribution in [0.15, 0.2) is 24.3 Å². The van der Waals surface area contributed by atoms with Crippen LogP contribution in [-0.4, -0.2) is 19.1 Å². The Kier molecular flexibility index (Phi) is 5.70. The Morgan fingerprint density at radius 1 is 1.12 bits per heavy atom. The Bertz CT molecular complexity index is 340. The number of carbonyl (C=O) groups is 1. The number of hydrogen-bond donors (Lipinski definition) is 1. The first kappa shape index (κ1) is 13.7. The lowest BCUT2D eigenvalue weighted by Gasteiger charge is -2.18. The van der Waals surface area contributed by atoms with Crippen LogP contribution in [-0.2, 0) is 6.54 Å². The zero-order chi connectivity index (χ0) is 12.7. The first-order chi connectivity index (χ1) is 8.17. The van der Waals surface area contributed by atoms with Crippen molar-refractivity contribution in [3.05, 3.63) is 35.4 Å². The van der Waals surface area contributed by atoms with Crippen molar-refractivity contribution in [2.45, 2.75) is 33.2 Å². The van der Waals surface area contributed by atoms with Crippen molar-refractivity contribution in [3.63, 3.8) is 0 Å². The van der Waals surface area contributed by atoms with Crippen LogP contribution in [0.3, 0.4) is 0 Å². The van der Waals surface area contributed by atoms with Crippen LogP contribution in [0.2, 0.25) is 0 Å². The van der Waals surface area contributed by atoms with E-state index in [1.807, 2.05) is 12.1 Å². The number of carbonyl (C=O) groups excluding carboxylic acids is 1. The van der Waals surface area contributed by atoms with E-state index < -0.39 is 5.97 Å². The molecule has 0 unspecified atom stereocenters. The van der Waals surface area contributed by atoms with Gasteiger partial charge in [-0.1, -0.05) is 38.1 Å². The van der Waals surface area contributed by atoms with Gasteiger partial charge in [-0.3, -0.25) is 0 Å². The fraction of sp³-hybridized carbons (Fsp3) is 0.500. The highest BCUT2D eigenvalue weighted by Crippen LogP contribution is 2.02. The average molecular weight is 235 g/mol. The lowest BCUT2D eigenvalue weighted by atomic mass is 10.1. The number of carboxylic acid groups (broad SMARTS) is 1. The van der Waals surface area contributed by atoms with Gasteiger partial charge in [0.05, 0.1) is 19.1 Å². The zero-order valence-corrected chi connectivity index (χ0v) is 10.7. The van der Waals surface area contributed by atoms with Crippen molar-refractivity contribution < 1.29 is 14.8 Å². The highest BCUT2D eigenvalue weighted by molar-refractivity contribution is 5.85. The molecule has 0 bridgehead atoms. The molecule has 0 aromatic heterocycles. The Morgan fingerprint density at radius 2 is 1.65 bits per heavy atom. The summed E-state index contributed by atoms with van der Waals surface area (Å²) < 4.78 is 0. The predicted molar refractivity (Wildman–Crippen MR) is 65.8 cm³/mol. The molecule has 1 N–H and O–H groups in total. The molecule has 1 aromatic carbocycles. The van der Waals surface area contributed by atoms with Gasteiger partial charge in [0.15, 0.2) is 0 Å². The van der Waals surface area contributed by atoms with Crippen molar-refractivity contribution in [3.8, 4) is 0 Å². The van der Waals surface area contributed by atoms with E-state index in [9.17, 15) is 9.90 Å². The topological polar surface area (TPSA) is 44.6 Å². The fourth-order valence-corrected chi connectivity index (χ4v) is 2.06. The molecule has 0 amide bonds. The summed E-state index contributed by atoms with van der Waals surface area (Å²) in [5, 5.41) is 10.6. The Balaban J connectivity index is 2.62. The maximum atomic E-state index is 10.6. The number of quaternary nitrogens is 1. The lowest BCUT2D eigenvalue weighted by molar-refractivity contribution is -0.914. The van der Waals surface area contributed by atoms with Crippen LogP contribution < -0.4 is 10.0 Å². The van der Waals surface area contributed by atoms with Gasteiger partial charge in [0.2, 0.25) is 0 Å². The van der Waals surface area contributed by atoms with Gasteiger partial charge in [0.25, 0.3) is 0 Å². The van der Waals surface area contributed by atoms with Gasteiger partial charge in [-0.15, -0.1) is 0 Å². The number of benzene rings is 1. The molecule has 0 fully saturated rings. The standard InChI is InChI=1S/C14H21NO2/c1-3-9-15(10-4-2)11-12-5-7-13(8-6-12)14(16)17/h5-8H,3-4,9-11H2,1-2H3,(H,16,17). The number of carboxylic acids is 1. The largest absolute Gasteiger partial charge is 0.545 e. The molecule has 0 saturated carbocycles. The van der Waals surface area contributed by atoms with Gasteiger partial charge in [-0.25, -0.2) is 0 Å². The molecule has 0 saturated heterocycles. The van der Waals surface area contributed by atoms with Crippen LogP contribution >= 0.6 is 0 Å². The minimum atomic E-state index is -1.11. The van der Waals surface area contributed by atoms with Gasteiger partial charge in [0, 0.05) is 5.56 Å². The molecule has 3 heteroatoms. The number of rotatable bonds is 7. The van der Waals surface area contributed by atoms with E-state index in [-0.39, 0.29) is 5.56 Å². The highest BCUT2D eigenvalue weighted by atomic mass is 16.4. The third-order valence-electron chi connectivity index (χ3n) is 2.85. The highest BCUT2D eigenvalue weighted by Gasteiger charge is 2.07. The third kappa shape index (κ3) is 4.57. The van der Waals surface area contributed by atoms with Gasteiger partial charge in [-0.05, 0) is 18.4 Å². The summed E-state index contributed by atoms with van der Waals surface area (Å²) in [6, 6.07) is 7.02. The average Bonchev–Trinajstić information content (AvgIpc) is 2.30. The summed E-state index contributed by atoms with van der Waals surface area (Å²) in [4.78, 5) is 12.2. The quantitative estimate of drug-likeness (QED) is 0.736. The molecular formula is C14H21NO2. The molecule has 0 aliphatic heterocycles. The second-order valence-electron chi connectivity index (χ2n) is 4.41. The summed E-state index contributed by atoms with van der Waals surface area (Å²) in [5.74, 6) is -1.11. The van der Waals surface area contributed by atoms with Gasteiger partial charge >= 0.3 is 0 Å². The SMILES string of the molecule is CCC[NH+](CCC)Cc1ccc(C(=O)[O-])cc1. The molecular weight excluding hydrogens is 214 g/mol. The maximum absolute atomic E-state index is 10.6. The van der Waals surface area contributed by atoms with Crippen LogP contribution in [0.1, 0.15) is 42.6 Å². The molecule has 0 aliphatic carbocycles. The minimum Gasteiger partial charge on any atom is -0.545 e. The van der Waals surface area contributed by atoms with E-state index in [1.165, 1.54) is 18.4 Å². The molecule has 1 aromatic rings. The zero-order valence-electron chi connectivity index (χ0n) is 10.7. The first-order valence-electron chi connectivity index (χ1n) is 6.31. The molecule has 94 valence electrons. The second kappa shape index (κ2) is 7.07. The maximum Gasteiger partial charge on any atom is 0.103 e. The third-order valence-corrected chi connectivity index (χ3v) is 2.85. The van der Waals surface area contributed by atoms with E-state index in [0.717, 1.165) is 19.6 Å². The number of aromatic carboxylic acids is 1. The van der Waals surface area contributed by atoms with Crippen LogP contribution in [0.25, 0.3) is 0 Å². The fourth-order valence-electron chi connectivity index (χ4n) is 2.06. The van der Waals surface area contributed by atoms with Gasteiger partial charge < -0.3 is 14.8 Å². The van der Waals surface area contributed by atoms with Crippen LogP contribution in [0.4, 0.5) is 0 Å². The van der Waals surface area contributed by atoms with Crippen LogP contribution in [0.5, 0.6) is 0 Å². The Labute approximate surface area is 103 Å². The number of nitrogens with one attached hydrogen (secondary N) is 1. The van der Waals surface area contributed by atoms with E-state index in [2.05, 4.69) is 13.8 Å². The summed E-state index contributed by atoms with van der Waals surface area (Å²) in [7, 11) is 0. The summed E-state index contributed by atoms with van der Waals surface area (Å²) >= 11 is 0. The van der Waals surface area contributed by atoms with E-state index in [4.69, 9.17) is 0 Å². The summed E-state index contributed by atoms with van der Waals surface area (Å²) in [6.45, 7) is 7.67.